The van der Waals surface area contributed by atoms with Crippen LogP contribution in [-0.2, 0) is 0 Å². The van der Waals surface area contributed by atoms with Crippen LogP contribution in [0.5, 0.6) is 5.75 Å². The zero-order valence-electron chi connectivity index (χ0n) is 15.7. The number of nitro groups is 2. The summed E-state index contributed by atoms with van der Waals surface area (Å²) in [6.45, 7) is 0. The van der Waals surface area contributed by atoms with E-state index >= 15 is 0 Å². The largest absolute Gasteiger partial charge is 0.420 e. The number of carbonyl (C=O) groups excluding carboxylic acids is 1. The number of aliphatic imine (C=N–C) groups is 1. The summed E-state index contributed by atoms with van der Waals surface area (Å²) in [5.74, 6) is -0.889. The first-order chi connectivity index (χ1) is 15.1. The topological polar surface area (TPSA) is 125 Å². The van der Waals surface area contributed by atoms with E-state index in [1.807, 2.05) is 24.3 Å². The smallest absolute Gasteiger partial charge is 0.344 e. The number of hydrogen-bond acceptors (Lipinski definition) is 7. The number of esters is 1. The van der Waals surface area contributed by atoms with Crippen molar-refractivity contribution in [2.75, 3.05) is 0 Å². The SMILES string of the molecule is O=C(Oc1c(Br)cc(C=Nc2ccc(Br)cc2)cc1Br)c1cc([N+](=O)[O-])cc([N+](=O)[O-])c1. The molecule has 0 aliphatic carbocycles. The number of rotatable bonds is 6. The summed E-state index contributed by atoms with van der Waals surface area (Å²) < 4.78 is 7.07. The lowest BCUT2D eigenvalue weighted by Gasteiger charge is -2.10. The van der Waals surface area contributed by atoms with Gasteiger partial charge in [-0.15, -0.1) is 0 Å². The Bertz CT molecular complexity index is 1210. The molecule has 0 aromatic heterocycles. The van der Waals surface area contributed by atoms with Gasteiger partial charge in [-0.2, -0.15) is 0 Å². The van der Waals surface area contributed by atoms with Gasteiger partial charge in [-0.25, -0.2) is 4.79 Å². The lowest BCUT2D eigenvalue weighted by Crippen LogP contribution is -2.10. The molecular formula is C20H10Br3N3O6. The predicted octanol–water partition coefficient (Wildman–Crippen LogP) is 6.76. The van der Waals surface area contributed by atoms with Crippen molar-refractivity contribution in [1.29, 1.82) is 0 Å². The molecule has 0 atom stereocenters. The molecule has 9 nitrogen and oxygen atoms in total. The summed E-state index contributed by atoms with van der Waals surface area (Å²) in [6.07, 6.45) is 1.62. The Morgan fingerprint density at radius 1 is 0.875 bits per heavy atom. The second-order valence-electron chi connectivity index (χ2n) is 6.19. The Hall–Kier alpha value is -2.96. The van der Waals surface area contributed by atoms with Crippen molar-refractivity contribution in [2.45, 2.75) is 0 Å². The predicted molar refractivity (Wildman–Crippen MR) is 128 cm³/mol. The van der Waals surface area contributed by atoms with Gasteiger partial charge in [0.05, 0.1) is 36.1 Å². The first-order valence-electron chi connectivity index (χ1n) is 8.59. The Kier molecular flexibility index (Phi) is 7.48. The van der Waals surface area contributed by atoms with Crippen LogP contribution in [-0.4, -0.2) is 22.0 Å². The van der Waals surface area contributed by atoms with Crippen LogP contribution in [0.2, 0.25) is 0 Å². The minimum absolute atomic E-state index is 0.102. The quantitative estimate of drug-likeness (QED) is 0.0977. The van der Waals surface area contributed by atoms with E-state index in [9.17, 15) is 25.0 Å². The minimum Gasteiger partial charge on any atom is -0.420 e. The van der Waals surface area contributed by atoms with Crippen LogP contribution in [0.15, 0.2) is 73.0 Å². The fourth-order valence-corrected chi connectivity index (χ4v) is 4.15. The summed E-state index contributed by atoms with van der Waals surface area (Å²) in [5, 5.41) is 22.1. The summed E-state index contributed by atoms with van der Waals surface area (Å²) in [4.78, 5) is 37.3. The summed E-state index contributed by atoms with van der Waals surface area (Å²) in [6, 6.07) is 13.3. The van der Waals surface area contributed by atoms with Crippen molar-refractivity contribution in [3.05, 3.63) is 99.4 Å². The molecule has 12 heteroatoms. The Labute approximate surface area is 205 Å². The molecule has 0 N–H and O–H groups in total. The first-order valence-corrected chi connectivity index (χ1v) is 11.0. The van der Waals surface area contributed by atoms with E-state index in [2.05, 4.69) is 52.8 Å². The third kappa shape index (κ3) is 5.84. The number of nitro benzene ring substituents is 2. The van der Waals surface area contributed by atoms with Crippen molar-refractivity contribution >= 4 is 77.0 Å². The second kappa shape index (κ2) is 10.1. The van der Waals surface area contributed by atoms with Crippen LogP contribution in [0.25, 0.3) is 0 Å². The highest BCUT2D eigenvalue weighted by molar-refractivity contribution is 9.11. The molecule has 0 aliphatic rings. The zero-order chi connectivity index (χ0) is 23.4. The molecule has 0 spiro atoms. The Morgan fingerprint density at radius 2 is 1.41 bits per heavy atom. The maximum absolute atomic E-state index is 12.6. The Balaban J connectivity index is 1.86. The van der Waals surface area contributed by atoms with Gasteiger partial charge < -0.3 is 4.74 Å². The lowest BCUT2D eigenvalue weighted by atomic mass is 10.1. The number of non-ortho nitro benzene ring substituents is 2. The molecule has 32 heavy (non-hydrogen) atoms. The number of nitrogens with zero attached hydrogens (tertiary/aromatic N) is 3. The van der Waals surface area contributed by atoms with E-state index in [4.69, 9.17) is 4.74 Å². The normalized spacial score (nSPS) is 10.8. The molecule has 162 valence electrons. The second-order valence-corrected chi connectivity index (χ2v) is 8.81. The molecule has 0 unspecified atom stereocenters. The average Bonchev–Trinajstić information content (AvgIpc) is 2.75. The molecule has 3 aromatic carbocycles. The van der Waals surface area contributed by atoms with Gasteiger partial charge in [-0.05, 0) is 73.8 Å². The van der Waals surface area contributed by atoms with Crippen LogP contribution in [0.3, 0.4) is 0 Å². The number of ether oxygens (including phenoxy) is 1. The van der Waals surface area contributed by atoms with E-state index in [-0.39, 0.29) is 11.3 Å². The molecular weight excluding hydrogens is 618 g/mol. The highest BCUT2D eigenvalue weighted by atomic mass is 79.9. The zero-order valence-corrected chi connectivity index (χ0v) is 20.5. The van der Waals surface area contributed by atoms with Gasteiger partial charge in [0.25, 0.3) is 11.4 Å². The van der Waals surface area contributed by atoms with Gasteiger partial charge in [0.15, 0.2) is 5.75 Å². The fourth-order valence-electron chi connectivity index (χ4n) is 2.50. The summed E-state index contributed by atoms with van der Waals surface area (Å²) in [7, 11) is 0. The third-order valence-electron chi connectivity index (χ3n) is 3.96. The van der Waals surface area contributed by atoms with Crippen molar-refractivity contribution in [2.24, 2.45) is 4.99 Å². The maximum atomic E-state index is 12.6. The van der Waals surface area contributed by atoms with Crippen LogP contribution in [0, 0.1) is 20.2 Å². The molecule has 3 rings (SSSR count). The third-order valence-corrected chi connectivity index (χ3v) is 5.67. The molecule has 0 bridgehead atoms. The highest BCUT2D eigenvalue weighted by Crippen LogP contribution is 2.35. The van der Waals surface area contributed by atoms with E-state index < -0.39 is 27.2 Å². The van der Waals surface area contributed by atoms with Crippen molar-refractivity contribution < 1.29 is 19.4 Å². The van der Waals surface area contributed by atoms with Crippen LogP contribution in [0.4, 0.5) is 17.1 Å². The number of halogens is 3. The van der Waals surface area contributed by atoms with Gasteiger partial charge in [0.1, 0.15) is 0 Å². The molecule has 3 aromatic rings. The van der Waals surface area contributed by atoms with E-state index in [1.54, 1.807) is 18.3 Å². The van der Waals surface area contributed by atoms with Gasteiger partial charge in [0, 0.05) is 22.8 Å². The standard InChI is InChI=1S/C20H10Br3N3O6/c21-13-1-3-14(4-2-13)24-10-11-5-17(22)19(18(23)6-11)32-20(27)12-7-15(25(28)29)9-16(8-12)26(30)31/h1-10H. The number of carbonyl (C=O) groups is 1. The number of benzene rings is 3. The molecule has 0 aliphatic heterocycles. The van der Waals surface area contributed by atoms with E-state index in [0.29, 0.717) is 14.5 Å². The van der Waals surface area contributed by atoms with E-state index in [1.165, 1.54) is 0 Å². The molecule has 0 saturated carbocycles. The van der Waals surface area contributed by atoms with Gasteiger partial charge in [0.2, 0.25) is 0 Å². The summed E-state index contributed by atoms with van der Waals surface area (Å²) in [5.41, 5.74) is -0.0844. The minimum atomic E-state index is -0.991. The fraction of sp³-hybridized carbons (Fsp3) is 0. The van der Waals surface area contributed by atoms with Crippen LogP contribution < -0.4 is 4.74 Å². The first kappa shape index (κ1) is 23.7. The summed E-state index contributed by atoms with van der Waals surface area (Å²) >= 11 is 9.99. The number of hydrogen-bond donors (Lipinski definition) is 0. The van der Waals surface area contributed by atoms with Crippen LogP contribution >= 0.6 is 47.8 Å². The molecule has 0 fully saturated rings. The average molecular weight is 628 g/mol. The highest BCUT2D eigenvalue weighted by Gasteiger charge is 2.22. The van der Waals surface area contributed by atoms with Gasteiger partial charge in [-0.3, -0.25) is 25.2 Å². The van der Waals surface area contributed by atoms with Crippen molar-refractivity contribution in [3.63, 3.8) is 0 Å². The molecule has 0 amide bonds. The lowest BCUT2D eigenvalue weighted by molar-refractivity contribution is -0.394. The van der Waals surface area contributed by atoms with Crippen LogP contribution in [0.1, 0.15) is 15.9 Å². The maximum Gasteiger partial charge on any atom is 0.344 e. The monoisotopic (exact) mass is 625 g/mol. The Morgan fingerprint density at radius 3 is 1.91 bits per heavy atom. The van der Waals surface area contributed by atoms with Crippen molar-refractivity contribution in [3.8, 4) is 5.75 Å². The molecule has 0 radical (unpaired) electrons. The molecule has 0 heterocycles. The van der Waals surface area contributed by atoms with Gasteiger partial charge >= 0.3 is 5.97 Å². The van der Waals surface area contributed by atoms with Gasteiger partial charge in [-0.1, -0.05) is 15.9 Å². The van der Waals surface area contributed by atoms with Crippen molar-refractivity contribution in [1.82, 2.24) is 0 Å². The van der Waals surface area contributed by atoms with E-state index in [0.717, 1.165) is 28.4 Å². The molecule has 0 saturated heterocycles.